The van der Waals surface area contributed by atoms with Gasteiger partial charge in [-0.2, -0.15) is 0 Å². The second-order valence-corrected chi connectivity index (χ2v) is 5.97. The van der Waals surface area contributed by atoms with Gasteiger partial charge >= 0.3 is 0 Å². The van der Waals surface area contributed by atoms with Crippen molar-refractivity contribution >= 4 is 11.7 Å². The van der Waals surface area contributed by atoms with Gasteiger partial charge in [-0.1, -0.05) is 42.5 Å². The number of carbonyl (C=O) groups excluding carboxylic acids is 1. The summed E-state index contributed by atoms with van der Waals surface area (Å²) in [6.45, 7) is 0.996. The van der Waals surface area contributed by atoms with Gasteiger partial charge in [-0.3, -0.25) is 9.79 Å². The molecule has 1 fully saturated rings. The summed E-state index contributed by atoms with van der Waals surface area (Å²) < 4.78 is 0. The summed E-state index contributed by atoms with van der Waals surface area (Å²) in [6.07, 6.45) is 1.21. The average molecular weight is 323 g/mol. The van der Waals surface area contributed by atoms with E-state index in [9.17, 15) is 9.90 Å². The molecule has 0 saturated carbocycles. The minimum atomic E-state index is -0.144. The van der Waals surface area contributed by atoms with Gasteiger partial charge in [-0.25, -0.2) is 0 Å². The van der Waals surface area contributed by atoms with Crippen molar-refractivity contribution in [1.82, 2.24) is 4.90 Å². The van der Waals surface area contributed by atoms with Gasteiger partial charge in [0.05, 0.1) is 12.6 Å². The molecular weight excluding hydrogens is 302 g/mol. The maximum absolute atomic E-state index is 12.2. The van der Waals surface area contributed by atoms with Crippen molar-refractivity contribution in [2.24, 2.45) is 10.7 Å². The van der Waals surface area contributed by atoms with Gasteiger partial charge in [0.1, 0.15) is 11.6 Å². The van der Waals surface area contributed by atoms with Crippen LogP contribution in [0.2, 0.25) is 0 Å². The lowest BCUT2D eigenvalue weighted by Gasteiger charge is -2.24. The van der Waals surface area contributed by atoms with Gasteiger partial charge in [-0.15, -0.1) is 0 Å². The number of hydrogen-bond acceptors (Lipinski definition) is 3. The molecule has 0 unspecified atom stereocenters. The standard InChI is InChI=1S/C19H21N3O2/c20-19(21-12-14-6-8-16(23)9-7-14)17-10-11-18(24)22(17)13-15-4-2-1-3-5-15/h1-9,17,23H,10-13H2,(H2,20,21)/t17-/m0/s1. The molecule has 1 amide bonds. The molecule has 0 aliphatic carbocycles. The fourth-order valence-corrected chi connectivity index (χ4v) is 2.91. The molecule has 1 aliphatic heterocycles. The first-order valence-electron chi connectivity index (χ1n) is 8.04. The van der Waals surface area contributed by atoms with E-state index in [1.54, 1.807) is 12.1 Å². The maximum atomic E-state index is 12.2. The van der Waals surface area contributed by atoms with E-state index in [2.05, 4.69) is 4.99 Å². The molecule has 1 heterocycles. The SMILES string of the molecule is NC(=NCc1ccc(O)cc1)[C@@H]1CCC(=O)N1Cc1ccccc1. The molecule has 5 heteroatoms. The predicted octanol–water partition coefficient (Wildman–Crippen LogP) is 2.44. The zero-order valence-electron chi connectivity index (χ0n) is 13.4. The molecule has 0 spiro atoms. The van der Waals surface area contributed by atoms with Crippen molar-refractivity contribution in [2.75, 3.05) is 0 Å². The zero-order chi connectivity index (χ0) is 16.9. The van der Waals surface area contributed by atoms with E-state index >= 15 is 0 Å². The highest BCUT2D eigenvalue weighted by atomic mass is 16.3. The van der Waals surface area contributed by atoms with Crippen molar-refractivity contribution in [1.29, 1.82) is 0 Å². The predicted molar refractivity (Wildman–Crippen MR) is 93.4 cm³/mol. The molecule has 2 aromatic carbocycles. The third-order valence-electron chi connectivity index (χ3n) is 4.25. The first kappa shape index (κ1) is 16.1. The van der Waals surface area contributed by atoms with Gasteiger partial charge in [0.25, 0.3) is 0 Å². The molecule has 1 atom stereocenters. The van der Waals surface area contributed by atoms with Crippen LogP contribution in [0.3, 0.4) is 0 Å². The molecule has 1 saturated heterocycles. The number of amidine groups is 1. The van der Waals surface area contributed by atoms with Crippen LogP contribution in [0.15, 0.2) is 59.6 Å². The van der Waals surface area contributed by atoms with Crippen LogP contribution in [0.4, 0.5) is 0 Å². The first-order valence-corrected chi connectivity index (χ1v) is 8.04. The average Bonchev–Trinajstić information content (AvgIpc) is 2.96. The lowest BCUT2D eigenvalue weighted by Crippen LogP contribution is -2.42. The number of amides is 1. The molecule has 0 radical (unpaired) electrons. The topological polar surface area (TPSA) is 78.9 Å². The number of phenolic OH excluding ortho intramolecular Hbond substituents is 1. The number of phenols is 1. The van der Waals surface area contributed by atoms with Crippen LogP contribution >= 0.6 is 0 Å². The number of aromatic hydroxyl groups is 1. The van der Waals surface area contributed by atoms with E-state index in [1.165, 1.54) is 0 Å². The normalized spacial score (nSPS) is 18.2. The molecule has 2 aromatic rings. The number of carbonyl (C=O) groups is 1. The van der Waals surface area contributed by atoms with E-state index in [4.69, 9.17) is 5.73 Å². The van der Waals surface area contributed by atoms with E-state index in [1.807, 2.05) is 47.4 Å². The van der Waals surface area contributed by atoms with E-state index in [0.717, 1.165) is 11.1 Å². The fraction of sp³-hybridized carbons (Fsp3) is 0.263. The Bertz CT molecular complexity index is 726. The number of benzene rings is 2. The van der Waals surface area contributed by atoms with Crippen LogP contribution in [0.5, 0.6) is 5.75 Å². The lowest BCUT2D eigenvalue weighted by molar-refractivity contribution is -0.128. The number of nitrogens with zero attached hydrogens (tertiary/aromatic N) is 2. The maximum Gasteiger partial charge on any atom is 0.223 e. The van der Waals surface area contributed by atoms with Gasteiger partial charge < -0.3 is 15.7 Å². The summed E-state index contributed by atoms with van der Waals surface area (Å²) >= 11 is 0. The Morgan fingerprint density at radius 1 is 1.12 bits per heavy atom. The highest BCUT2D eigenvalue weighted by molar-refractivity contribution is 5.93. The quantitative estimate of drug-likeness (QED) is 0.655. The van der Waals surface area contributed by atoms with Crippen molar-refractivity contribution in [3.05, 3.63) is 65.7 Å². The Balaban J connectivity index is 1.70. The van der Waals surface area contributed by atoms with Crippen LogP contribution < -0.4 is 5.73 Å². The minimum absolute atomic E-state index is 0.117. The van der Waals surface area contributed by atoms with Crippen molar-refractivity contribution in [3.63, 3.8) is 0 Å². The van der Waals surface area contributed by atoms with E-state index < -0.39 is 0 Å². The summed E-state index contributed by atoms with van der Waals surface area (Å²) in [5, 5.41) is 9.31. The molecular formula is C19H21N3O2. The summed E-state index contributed by atoms with van der Waals surface area (Å²) in [6, 6.07) is 16.6. The number of aliphatic imine (C=N–C) groups is 1. The van der Waals surface area contributed by atoms with E-state index in [-0.39, 0.29) is 17.7 Å². The summed E-state index contributed by atoms with van der Waals surface area (Å²) in [7, 11) is 0. The molecule has 24 heavy (non-hydrogen) atoms. The van der Waals surface area contributed by atoms with Crippen molar-refractivity contribution in [2.45, 2.75) is 32.0 Å². The zero-order valence-corrected chi connectivity index (χ0v) is 13.4. The summed E-state index contributed by atoms with van der Waals surface area (Å²) in [5.41, 5.74) is 8.22. The van der Waals surface area contributed by atoms with Crippen LogP contribution in [0.1, 0.15) is 24.0 Å². The number of likely N-dealkylation sites (tertiary alicyclic amines) is 1. The van der Waals surface area contributed by atoms with E-state index in [0.29, 0.717) is 31.8 Å². The highest BCUT2D eigenvalue weighted by Gasteiger charge is 2.33. The molecule has 3 N–H and O–H groups in total. The molecule has 1 aliphatic rings. The third kappa shape index (κ3) is 3.74. The Morgan fingerprint density at radius 3 is 2.54 bits per heavy atom. The summed E-state index contributed by atoms with van der Waals surface area (Å²) in [4.78, 5) is 18.5. The smallest absolute Gasteiger partial charge is 0.223 e. The molecule has 0 bridgehead atoms. The first-order chi connectivity index (χ1) is 11.6. The van der Waals surface area contributed by atoms with Gasteiger partial charge in [-0.05, 0) is 29.7 Å². The largest absolute Gasteiger partial charge is 0.508 e. The number of hydrogen-bond donors (Lipinski definition) is 2. The molecule has 0 aromatic heterocycles. The van der Waals surface area contributed by atoms with Crippen LogP contribution in [0, 0.1) is 0 Å². The van der Waals surface area contributed by atoms with Crippen LogP contribution in [-0.2, 0) is 17.9 Å². The summed E-state index contributed by atoms with van der Waals surface area (Å²) in [5.74, 6) is 0.836. The molecule has 5 nitrogen and oxygen atoms in total. The van der Waals surface area contributed by atoms with Gasteiger partial charge in [0.15, 0.2) is 0 Å². The monoisotopic (exact) mass is 323 g/mol. The van der Waals surface area contributed by atoms with Crippen molar-refractivity contribution in [3.8, 4) is 5.75 Å². The lowest BCUT2D eigenvalue weighted by atomic mass is 10.1. The Labute approximate surface area is 141 Å². The molecule has 124 valence electrons. The second kappa shape index (κ2) is 7.17. The third-order valence-corrected chi connectivity index (χ3v) is 4.25. The highest BCUT2D eigenvalue weighted by Crippen LogP contribution is 2.22. The van der Waals surface area contributed by atoms with Gasteiger partial charge in [0.2, 0.25) is 5.91 Å². The van der Waals surface area contributed by atoms with Crippen LogP contribution in [0.25, 0.3) is 0 Å². The second-order valence-electron chi connectivity index (χ2n) is 5.97. The Morgan fingerprint density at radius 2 is 1.83 bits per heavy atom. The minimum Gasteiger partial charge on any atom is -0.508 e. The number of rotatable bonds is 5. The van der Waals surface area contributed by atoms with Gasteiger partial charge in [0, 0.05) is 13.0 Å². The van der Waals surface area contributed by atoms with Crippen LogP contribution in [-0.4, -0.2) is 27.8 Å². The number of nitrogens with two attached hydrogens (primary N) is 1. The fourth-order valence-electron chi connectivity index (χ4n) is 2.91. The molecule has 3 rings (SSSR count). The Kier molecular flexibility index (Phi) is 4.79. The Hall–Kier alpha value is -2.82. The van der Waals surface area contributed by atoms with Crippen molar-refractivity contribution < 1.29 is 9.90 Å².